The maximum absolute atomic E-state index is 3.27. The average Bonchev–Trinajstić information content (AvgIpc) is 2.85. The van der Waals surface area contributed by atoms with Crippen molar-refractivity contribution in [2.45, 2.75) is 45.2 Å². The molecule has 2 heteroatoms. The second-order valence-corrected chi connectivity index (χ2v) is 5.67. The average molecular weight is 242 g/mol. The summed E-state index contributed by atoms with van der Waals surface area (Å²) in [5.74, 6) is 0. The second-order valence-electron chi connectivity index (χ2n) is 5.67. The minimum atomic E-state index is 0.609. The zero-order valence-electron chi connectivity index (χ0n) is 11.3. The predicted octanol–water partition coefficient (Wildman–Crippen LogP) is 4.10. The number of aromatic nitrogens is 1. The molecular weight excluding hydrogens is 220 g/mol. The Morgan fingerprint density at radius 2 is 2.11 bits per heavy atom. The first-order valence-corrected chi connectivity index (χ1v) is 7.08. The molecule has 0 radical (unpaired) electrons. The Balaban J connectivity index is 1.95. The lowest BCUT2D eigenvalue weighted by molar-refractivity contribution is 0.112. The number of nitrogens with one attached hydrogen (secondary N) is 1. The van der Waals surface area contributed by atoms with E-state index in [0.29, 0.717) is 12.1 Å². The minimum Gasteiger partial charge on any atom is -0.361 e. The molecule has 1 aromatic carbocycles. The smallest absolute Gasteiger partial charge is 0.0454 e. The highest BCUT2D eigenvalue weighted by Crippen LogP contribution is 2.33. The van der Waals surface area contributed by atoms with Gasteiger partial charge in [-0.2, -0.15) is 0 Å². The highest BCUT2D eigenvalue weighted by Gasteiger charge is 2.25. The van der Waals surface area contributed by atoms with Crippen LogP contribution < -0.4 is 0 Å². The van der Waals surface area contributed by atoms with E-state index in [4.69, 9.17) is 0 Å². The number of nitrogens with zero attached hydrogens (tertiary/aromatic N) is 1. The third-order valence-electron chi connectivity index (χ3n) is 4.17. The summed E-state index contributed by atoms with van der Waals surface area (Å²) in [6.07, 6.45) is 6.03. The lowest BCUT2D eigenvalue weighted by atomic mass is 9.93. The Bertz CT molecular complexity index is 527. The first kappa shape index (κ1) is 11.8. The Hall–Kier alpha value is -1.28. The van der Waals surface area contributed by atoms with Crippen molar-refractivity contribution in [3.8, 4) is 0 Å². The molecule has 0 amide bonds. The molecule has 1 aliphatic rings. The molecule has 2 heterocycles. The van der Waals surface area contributed by atoms with Crippen molar-refractivity contribution in [1.82, 2.24) is 9.88 Å². The lowest BCUT2D eigenvalue weighted by Gasteiger charge is -2.39. The molecule has 0 spiro atoms. The van der Waals surface area contributed by atoms with E-state index >= 15 is 0 Å². The van der Waals surface area contributed by atoms with Crippen molar-refractivity contribution in [1.29, 1.82) is 0 Å². The van der Waals surface area contributed by atoms with Gasteiger partial charge < -0.3 is 4.98 Å². The second kappa shape index (κ2) is 4.77. The fraction of sp³-hybridized carbons (Fsp3) is 0.500. The summed E-state index contributed by atoms with van der Waals surface area (Å²) < 4.78 is 0. The van der Waals surface area contributed by atoms with Gasteiger partial charge in [0.2, 0.25) is 0 Å². The van der Waals surface area contributed by atoms with E-state index in [9.17, 15) is 0 Å². The van der Waals surface area contributed by atoms with Gasteiger partial charge in [0.25, 0.3) is 0 Å². The van der Waals surface area contributed by atoms with E-state index in [1.807, 2.05) is 6.20 Å². The Labute approximate surface area is 109 Å². The molecule has 0 bridgehead atoms. The number of H-pyrrole nitrogens is 1. The zero-order chi connectivity index (χ0) is 12.5. The molecule has 0 saturated carbocycles. The summed E-state index contributed by atoms with van der Waals surface area (Å²) in [7, 11) is 0. The number of aromatic amines is 1. The molecule has 1 N–H and O–H groups in total. The Kier molecular flexibility index (Phi) is 3.13. The van der Waals surface area contributed by atoms with Gasteiger partial charge in [-0.15, -0.1) is 0 Å². The molecule has 18 heavy (non-hydrogen) atoms. The number of hydrogen-bond acceptors (Lipinski definition) is 1. The van der Waals surface area contributed by atoms with Gasteiger partial charge in [0.15, 0.2) is 0 Å². The summed E-state index contributed by atoms with van der Waals surface area (Å²) in [4.78, 5) is 5.92. The number of hydrogen-bond donors (Lipinski definition) is 1. The third-order valence-corrected chi connectivity index (χ3v) is 4.17. The van der Waals surface area contributed by atoms with Crippen molar-refractivity contribution in [2.24, 2.45) is 0 Å². The van der Waals surface area contributed by atoms with Crippen LogP contribution in [0.5, 0.6) is 0 Å². The van der Waals surface area contributed by atoms with Crippen LogP contribution in [0.2, 0.25) is 0 Å². The Morgan fingerprint density at radius 1 is 1.22 bits per heavy atom. The molecule has 0 aliphatic carbocycles. The molecule has 3 rings (SSSR count). The van der Waals surface area contributed by atoms with Crippen molar-refractivity contribution in [3.63, 3.8) is 0 Å². The first-order valence-electron chi connectivity index (χ1n) is 7.08. The standard InChI is InChI=1S/C16H22N2/c1-12(2)18-10-4-3-5-16(18)14-6-7-15-13(11-14)8-9-17-15/h6-9,11-12,16-17H,3-5,10H2,1-2H3. The van der Waals surface area contributed by atoms with Crippen LogP contribution in [-0.2, 0) is 0 Å². The van der Waals surface area contributed by atoms with Crippen LogP contribution in [0, 0.1) is 0 Å². The highest BCUT2D eigenvalue weighted by molar-refractivity contribution is 5.80. The monoisotopic (exact) mass is 242 g/mol. The van der Waals surface area contributed by atoms with Crippen LogP contribution in [-0.4, -0.2) is 22.5 Å². The summed E-state index contributed by atoms with van der Waals surface area (Å²) in [5.41, 5.74) is 2.72. The third kappa shape index (κ3) is 2.05. The summed E-state index contributed by atoms with van der Waals surface area (Å²) >= 11 is 0. The van der Waals surface area contributed by atoms with Gasteiger partial charge in [-0.05, 0) is 62.4 Å². The molecule has 1 fully saturated rings. The van der Waals surface area contributed by atoms with E-state index in [-0.39, 0.29) is 0 Å². The van der Waals surface area contributed by atoms with Gasteiger partial charge >= 0.3 is 0 Å². The number of piperidine rings is 1. The van der Waals surface area contributed by atoms with E-state index in [0.717, 1.165) is 0 Å². The van der Waals surface area contributed by atoms with Crippen molar-refractivity contribution < 1.29 is 0 Å². The summed E-state index contributed by atoms with van der Waals surface area (Å²) in [6.45, 7) is 5.87. The number of rotatable bonds is 2. The maximum atomic E-state index is 3.27. The molecule has 1 aromatic heterocycles. The van der Waals surface area contributed by atoms with Crippen molar-refractivity contribution >= 4 is 10.9 Å². The van der Waals surface area contributed by atoms with Gasteiger partial charge in [0, 0.05) is 23.8 Å². The SMILES string of the molecule is CC(C)N1CCCCC1c1ccc2[nH]ccc2c1. The quantitative estimate of drug-likeness (QED) is 0.840. The fourth-order valence-corrected chi connectivity index (χ4v) is 3.21. The van der Waals surface area contributed by atoms with Crippen molar-refractivity contribution in [2.75, 3.05) is 6.54 Å². The predicted molar refractivity (Wildman–Crippen MR) is 76.7 cm³/mol. The van der Waals surface area contributed by atoms with Gasteiger partial charge in [-0.25, -0.2) is 0 Å². The number of fused-ring (bicyclic) bond motifs is 1. The van der Waals surface area contributed by atoms with Crippen LogP contribution in [0.25, 0.3) is 10.9 Å². The normalized spacial score (nSPS) is 21.8. The molecule has 2 nitrogen and oxygen atoms in total. The topological polar surface area (TPSA) is 19.0 Å². The maximum Gasteiger partial charge on any atom is 0.0454 e. The number of likely N-dealkylation sites (tertiary alicyclic amines) is 1. The van der Waals surface area contributed by atoms with Crippen molar-refractivity contribution in [3.05, 3.63) is 36.0 Å². The zero-order valence-corrected chi connectivity index (χ0v) is 11.3. The molecule has 96 valence electrons. The van der Waals surface area contributed by atoms with E-state index < -0.39 is 0 Å². The highest BCUT2D eigenvalue weighted by atomic mass is 15.2. The van der Waals surface area contributed by atoms with E-state index in [1.165, 1.54) is 42.3 Å². The minimum absolute atomic E-state index is 0.609. The molecule has 2 aromatic rings. The molecule has 1 unspecified atom stereocenters. The van der Waals surface area contributed by atoms with Gasteiger partial charge in [-0.3, -0.25) is 4.90 Å². The Morgan fingerprint density at radius 3 is 2.94 bits per heavy atom. The summed E-state index contributed by atoms with van der Waals surface area (Å²) in [6, 6.07) is 10.3. The van der Waals surface area contributed by atoms with Crippen LogP contribution in [0.3, 0.4) is 0 Å². The van der Waals surface area contributed by atoms with Gasteiger partial charge in [-0.1, -0.05) is 12.5 Å². The molecule has 1 saturated heterocycles. The fourth-order valence-electron chi connectivity index (χ4n) is 3.21. The van der Waals surface area contributed by atoms with Crippen LogP contribution in [0.15, 0.2) is 30.5 Å². The van der Waals surface area contributed by atoms with Gasteiger partial charge in [0.1, 0.15) is 0 Å². The van der Waals surface area contributed by atoms with Crippen LogP contribution in [0.1, 0.15) is 44.7 Å². The molecule has 1 atom stereocenters. The van der Waals surface area contributed by atoms with E-state index in [1.54, 1.807) is 0 Å². The lowest BCUT2D eigenvalue weighted by Crippen LogP contribution is -2.38. The van der Waals surface area contributed by atoms with E-state index in [2.05, 4.69) is 48.0 Å². The van der Waals surface area contributed by atoms with Crippen LogP contribution >= 0.6 is 0 Å². The number of benzene rings is 1. The molecular formula is C16H22N2. The first-order chi connectivity index (χ1) is 8.75. The largest absolute Gasteiger partial charge is 0.361 e. The summed E-state index contributed by atoms with van der Waals surface area (Å²) in [5, 5.41) is 1.33. The van der Waals surface area contributed by atoms with Crippen LogP contribution in [0.4, 0.5) is 0 Å². The molecule has 1 aliphatic heterocycles. The van der Waals surface area contributed by atoms with Gasteiger partial charge in [0.05, 0.1) is 0 Å².